The van der Waals surface area contributed by atoms with Gasteiger partial charge in [-0.3, -0.25) is 14.4 Å². The highest BCUT2D eigenvalue weighted by Crippen LogP contribution is 2.38. The molecule has 15 heteroatoms. The van der Waals surface area contributed by atoms with Crippen molar-refractivity contribution in [2.75, 3.05) is 24.7 Å². The Balaban J connectivity index is 1.37. The van der Waals surface area contributed by atoms with E-state index in [1.165, 1.54) is 22.0 Å². The highest BCUT2D eigenvalue weighted by molar-refractivity contribution is 7.46. The van der Waals surface area contributed by atoms with Crippen LogP contribution in [0.2, 0.25) is 0 Å². The molecule has 1 amide bonds. The number of carbonyl (C=O) groups is 1. The van der Waals surface area contributed by atoms with Crippen molar-refractivity contribution in [3.05, 3.63) is 42.3 Å². The van der Waals surface area contributed by atoms with Crippen molar-refractivity contribution in [1.82, 2.24) is 25.2 Å². The quantitative estimate of drug-likeness (QED) is 0.376. The monoisotopic (exact) mass is 522 g/mol. The largest absolute Gasteiger partial charge is 0.469 e. The van der Waals surface area contributed by atoms with E-state index in [0.29, 0.717) is 34.8 Å². The first-order chi connectivity index (χ1) is 17.1. The average Bonchev–Trinajstić information content (AvgIpc) is 3.43. The Morgan fingerprint density at radius 2 is 2.11 bits per heavy atom. The van der Waals surface area contributed by atoms with E-state index >= 15 is 0 Å². The molecule has 0 saturated carbocycles. The van der Waals surface area contributed by atoms with Gasteiger partial charge in [-0.1, -0.05) is 13.0 Å². The zero-order valence-electron chi connectivity index (χ0n) is 19.4. The molecule has 0 radical (unpaired) electrons. The second-order valence-corrected chi connectivity index (χ2v) is 9.17. The van der Waals surface area contributed by atoms with Crippen molar-refractivity contribution >= 4 is 19.6 Å². The van der Waals surface area contributed by atoms with Crippen LogP contribution in [0.15, 0.2) is 36.5 Å². The van der Waals surface area contributed by atoms with Crippen molar-refractivity contribution < 1.29 is 37.5 Å². The maximum absolute atomic E-state index is 15.0. The van der Waals surface area contributed by atoms with E-state index in [9.17, 15) is 13.8 Å². The number of pyridine rings is 1. The van der Waals surface area contributed by atoms with Gasteiger partial charge in [0.05, 0.1) is 38.6 Å². The van der Waals surface area contributed by atoms with Gasteiger partial charge in [0.15, 0.2) is 0 Å². The molecule has 2 unspecified atom stereocenters. The minimum atomic E-state index is -4.63. The first kappa shape index (κ1) is 25.8. The van der Waals surface area contributed by atoms with E-state index < -0.39 is 31.9 Å². The molecule has 2 aromatic heterocycles. The molecule has 4 rings (SSSR count). The number of hydrogen-bond acceptors (Lipinski definition) is 9. The number of aromatic nitrogens is 5. The minimum Gasteiger partial charge on any atom is -0.441 e. The number of amides is 1. The highest BCUT2D eigenvalue weighted by Gasteiger charge is 2.33. The molecule has 1 aromatic carbocycles. The van der Waals surface area contributed by atoms with E-state index in [0.717, 1.165) is 0 Å². The number of carbonyl (C=O) groups excluding carboxylic acids is 1. The summed E-state index contributed by atoms with van der Waals surface area (Å²) >= 11 is 0. The topological polar surface area (TPSA) is 162 Å². The summed E-state index contributed by atoms with van der Waals surface area (Å²) in [6, 6.07) is 7.73. The van der Waals surface area contributed by atoms with Crippen LogP contribution in [0.1, 0.15) is 13.3 Å². The fraction of sp³-hybridized carbons (Fsp3) is 0.381. The SMILES string of the molecule is CCC(COCC1CN(c2ccc(-c3ccc(-c4nnn(C)n4)nc3)c(F)c2)C(=O)O1)OP(=O)(O)O. The van der Waals surface area contributed by atoms with E-state index in [1.54, 1.807) is 38.2 Å². The number of aryl methyl sites for hydroxylation is 1. The van der Waals surface area contributed by atoms with E-state index in [-0.39, 0.29) is 19.8 Å². The maximum atomic E-state index is 15.0. The van der Waals surface area contributed by atoms with Crippen molar-refractivity contribution in [3.8, 4) is 22.6 Å². The van der Waals surface area contributed by atoms with Crippen molar-refractivity contribution in [2.45, 2.75) is 25.6 Å². The summed E-state index contributed by atoms with van der Waals surface area (Å²) in [7, 11) is -2.99. The number of rotatable bonds is 10. The Morgan fingerprint density at radius 1 is 1.31 bits per heavy atom. The fourth-order valence-electron chi connectivity index (χ4n) is 3.55. The number of halogens is 1. The lowest BCUT2D eigenvalue weighted by Crippen LogP contribution is -2.27. The van der Waals surface area contributed by atoms with Crippen LogP contribution < -0.4 is 4.90 Å². The Kier molecular flexibility index (Phi) is 7.71. The van der Waals surface area contributed by atoms with Gasteiger partial charge in [-0.25, -0.2) is 13.8 Å². The van der Waals surface area contributed by atoms with Gasteiger partial charge in [-0.2, -0.15) is 4.80 Å². The van der Waals surface area contributed by atoms with Gasteiger partial charge in [0, 0.05) is 17.3 Å². The molecule has 0 aliphatic carbocycles. The fourth-order valence-corrected chi connectivity index (χ4v) is 4.14. The van der Waals surface area contributed by atoms with Crippen LogP contribution in [-0.2, 0) is 25.6 Å². The van der Waals surface area contributed by atoms with Gasteiger partial charge < -0.3 is 19.3 Å². The van der Waals surface area contributed by atoms with Gasteiger partial charge in [0.2, 0.25) is 5.82 Å². The molecule has 2 atom stereocenters. The van der Waals surface area contributed by atoms with E-state index in [4.69, 9.17) is 19.3 Å². The number of benzene rings is 1. The summed E-state index contributed by atoms with van der Waals surface area (Å²) in [4.78, 5) is 37.0. The van der Waals surface area contributed by atoms with E-state index in [2.05, 4.69) is 24.9 Å². The van der Waals surface area contributed by atoms with Crippen LogP contribution in [0.3, 0.4) is 0 Å². The summed E-state index contributed by atoms with van der Waals surface area (Å²) in [6.07, 6.45) is -0.277. The number of cyclic esters (lactones) is 1. The molecule has 0 spiro atoms. The van der Waals surface area contributed by atoms with Crippen LogP contribution in [0.25, 0.3) is 22.6 Å². The first-order valence-electron chi connectivity index (χ1n) is 10.9. The van der Waals surface area contributed by atoms with Crippen LogP contribution in [-0.4, -0.2) is 73.0 Å². The number of tetrazole rings is 1. The Morgan fingerprint density at radius 3 is 2.72 bits per heavy atom. The molecule has 1 aliphatic heterocycles. The molecular formula is C21H24FN6O7P. The third-order valence-electron chi connectivity index (χ3n) is 5.30. The maximum Gasteiger partial charge on any atom is 0.469 e. The molecule has 1 fully saturated rings. The molecule has 3 aromatic rings. The molecule has 1 aliphatic rings. The molecule has 36 heavy (non-hydrogen) atoms. The molecule has 13 nitrogen and oxygen atoms in total. The number of ether oxygens (including phenoxy) is 2. The van der Waals surface area contributed by atoms with Gasteiger partial charge in [-0.05, 0) is 35.9 Å². The highest BCUT2D eigenvalue weighted by atomic mass is 31.2. The first-order valence-corrected chi connectivity index (χ1v) is 12.5. The third-order valence-corrected chi connectivity index (χ3v) is 5.87. The zero-order valence-corrected chi connectivity index (χ0v) is 20.3. The summed E-state index contributed by atoms with van der Waals surface area (Å²) in [5, 5.41) is 11.7. The average molecular weight is 522 g/mol. The Bertz CT molecular complexity index is 1270. The van der Waals surface area contributed by atoms with Crippen LogP contribution in [0, 0.1) is 5.82 Å². The lowest BCUT2D eigenvalue weighted by molar-refractivity contribution is -0.00109. The van der Waals surface area contributed by atoms with Crippen molar-refractivity contribution in [1.29, 1.82) is 0 Å². The second-order valence-electron chi connectivity index (χ2n) is 7.98. The summed E-state index contributed by atoms with van der Waals surface area (Å²) in [5.41, 5.74) is 1.64. The predicted octanol–water partition coefficient (Wildman–Crippen LogP) is 2.31. The van der Waals surface area contributed by atoms with Gasteiger partial charge in [0.1, 0.15) is 17.6 Å². The zero-order chi connectivity index (χ0) is 25.9. The molecule has 3 heterocycles. The summed E-state index contributed by atoms with van der Waals surface area (Å²) in [6.45, 7) is 1.72. The summed E-state index contributed by atoms with van der Waals surface area (Å²) in [5.74, 6) is -0.196. The normalized spacial score (nSPS) is 16.9. The number of anilines is 1. The summed E-state index contributed by atoms with van der Waals surface area (Å²) < 4.78 is 41.3. The van der Waals surface area contributed by atoms with Crippen LogP contribution in [0.5, 0.6) is 0 Å². The molecular weight excluding hydrogens is 498 g/mol. The Hall–Kier alpha value is -3.29. The molecule has 0 bridgehead atoms. The molecule has 2 N–H and O–H groups in total. The number of nitrogens with zero attached hydrogens (tertiary/aromatic N) is 6. The Labute approximate surface area is 205 Å². The number of hydrogen-bond donors (Lipinski definition) is 2. The van der Waals surface area contributed by atoms with Crippen LogP contribution in [0.4, 0.5) is 14.9 Å². The van der Waals surface area contributed by atoms with Gasteiger partial charge >= 0.3 is 13.9 Å². The predicted molar refractivity (Wildman–Crippen MR) is 123 cm³/mol. The number of phosphoric acid groups is 1. The van der Waals surface area contributed by atoms with Crippen molar-refractivity contribution in [2.24, 2.45) is 7.05 Å². The van der Waals surface area contributed by atoms with E-state index in [1.807, 2.05) is 0 Å². The van der Waals surface area contributed by atoms with Gasteiger partial charge in [0.25, 0.3) is 0 Å². The van der Waals surface area contributed by atoms with Crippen molar-refractivity contribution in [3.63, 3.8) is 0 Å². The molecule has 1 saturated heterocycles. The molecule has 192 valence electrons. The third kappa shape index (κ3) is 6.28. The number of phosphoric ester groups is 1. The standard InChI is InChI=1S/C21H24FN6O7P/c1-3-15(35-36(30,31)32)11-33-12-16-10-28(21(29)34-16)14-5-6-17(18(22)8-14)13-4-7-19(23-9-13)20-24-26-27(2)25-20/h4-9,15-16H,3,10-12H2,1-2H3,(H2,30,31,32). The van der Waals surface area contributed by atoms with Crippen LogP contribution >= 0.6 is 7.82 Å². The second kappa shape index (κ2) is 10.8. The smallest absolute Gasteiger partial charge is 0.441 e. The lowest BCUT2D eigenvalue weighted by atomic mass is 10.1. The lowest BCUT2D eigenvalue weighted by Gasteiger charge is -2.17. The van der Waals surface area contributed by atoms with Gasteiger partial charge in [-0.15, -0.1) is 10.2 Å². The minimum absolute atomic E-state index is 0.0114.